The predicted molar refractivity (Wildman–Crippen MR) is 136 cm³/mol. The van der Waals surface area contributed by atoms with E-state index < -0.39 is 0 Å². The first kappa shape index (κ1) is 22.9. The van der Waals surface area contributed by atoms with Crippen molar-refractivity contribution in [3.63, 3.8) is 0 Å². The predicted octanol–water partition coefficient (Wildman–Crippen LogP) is 4.92. The Morgan fingerprint density at radius 3 is 2.41 bits per heavy atom. The summed E-state index contributed by atoms with van der Waals surface area (Å²) in [4.78, 5) is 17.5. The summed E-state index contributed by atoms with van der Waals surface area (Å²) in [5.74, 6) is 0.568. The molecule has 2 aromatic carbocycles. The Morgan fingerprint density at radius 1 is 0.941 bits per heavy atom. The molecule has 2 heterocycles. The summed E-state index contributed by atoms with van der Waals surface area (Å²) < 4.78 is 5.65. The van der Waals surface area contributed by atoms with Crippen molar-refractivity contribution in [3.8, 4) is 11.5 Å². The van der Waals surface area contributed by atoms with Gasteiger partial charge in [-0.1, -0.05) is 49.2 Å². The summed E-state index contributed by atoms with van der Waals surface area (Å²) in [5.41, 5.74) is 2.88. The number of hydrogen-bond acceptors (Lipinski definition) is 7. The van der Waals surface area contributed by atoms with Gasteiger partial charge in [-0.2, -0.15) is 0 Å². The SMILES string of the molecule is O=C(CSc1nnc(-c2ccccc2)o1)Nc1ccc(N2CCN(C3CCCCC3)CC2)cc1. The Morgan fingerprint density at radius 2 is 1.68 bits per heavy atom. The minimum atomic E-state index is -0.0988. The number of piperazine rings is 1. The van der Waals surface area contributed by atoms with Gasteiger partial charge < -0.3 is 14.6 Å². The van der Waals surface area contributed by atoms with Crippen LogP contribution in [0.1, 0.15) is 32.1 Å². The zero-order chi connectivity index (χ0) is 23.2. The molecule has 5 rings (SSSR count). The Labute approximate surface area is 204 Å². The molecule has 1 aromatic heterocycles. The van der Waals surface area contributed by atoms with Crippen LogP contribution in [0.2, 0.25) is 0 Å². The van der Waals surface area contributed by atoms with E-state index in [0.29, 0.717) is 11.1 Å². The third kappa shape index (κ3) is 5.80. The highest BCUT2D eigenvalue weighted by Crippen LogP contribution is 2.26. The van der Waals surface area contributed by atoms with Crippen molar-refractivity contribution in [2.45, 2.75) is 43.4 Å². The lowest BCUT2D eigenvalue weighted by molar-refractivity contribution is -0.113. The van der Waals surface area contributed by atoms with Crippen LogP contribution in [0.5, 0.6) is 0 Å². The van der Waals surface area contributed by atoms with Gasteiger partial charge in [0, 0.05) is 49.2 Å². The van der Waals surface area contributed by atoms with Gasteiger partial charge >= 0.3 is 0 Å². The molecule has 0 bridgehead atoms. The first-order valence-electron chi connectivity index (χ1n) is 12.2. The topological polar surface area (TPSA) is 74.5 Å². The van der Waals surface area contributed by atoms with Gasteiger partial charge in [0.1, 0.15) is 0 Å². The lowest BCUT2D eigenvalue weighted by Crippen LogP contribution is -2.50. The lowest BCUT2D eigenvalue weighted by atomic mass is 9.94. The van der Waals surface area contributed by atoms with E-state index in [1.165, 1.54) is 49.6 Å². The Hall–Kier alpha value is -2.84. The van der Waals surface area contributed by atoms with Crippen LogP contribution in [-0.2, 0) is 4.79 Å². The maximum absolute atomic E-state index is 12.4. The van der Waals surface area contributed by atoms with Gasteiger partial charge in [0.25, 0.3) is 5.22 Å². The van der Waals surface area contributed by atoms with E-state index in [-0.39, 0.29) is 11.7 Å². The molecule has 178 valence electrons. The molecule has 0 spiro atoms. The first-order valence-corrected chi connectivity index (χ1v) is 13.1. The number of aromatic nitrogens is 2. The number of carbonyl (C=O) groups excluding carboxylic acids is 1. The molecule has 8 heteroatoms. The maximum atomic E-state index is 12.4. The monoisotopic (exact) mass is 477 g/mol. The molecular formula is C26H31N5O2S. The summed E-state index contributed by atoms with van der Waals surface area (Å²) in [5, 5.41) is 11.4. The molecule has 1 saturated carbocycles. The summed E-state index contributed by atoms with van der Waals surface area (Å²) >= 11 is 1.24. The summed E-state index contributed by atoms with van der Waals surface area (Å²) in [6.07, 6.45) is 6.92. The average Bonchev–Trinajstić information content (AvgIpc) is 3.38. The Kier molecular flexibility index (Phi) is 7.46. The standard InChI is InChI=1S/C26H31N5O2S/c32-24(19-34-26-29-28-25(33-26)20-7-3-1-4-8-20)27-21-11-13-23(14-12-21)31-17-15-30(16-18-31)22-9-5-2-6-10-22/h1,3-4,7-8,11-14,22H,2,5-6,9-10,15-19H2,(H,27,32). The highest BCUT2D eigenvalue weighted by Gasteiger charge is 2.25. The molecule has 3 aromatic rings. The maximum Gasteiger partial charge on any atom is 0.277 e. The van der Waals surface area contributed by atoms with Crippen molar-refractivity contribution >= 4 is 29.0 Å². The van der Waals surface area contributed by atoms with Crippen molar-refractivity contribution in [2.75, 3.05) is 42.1 Å². The van der Waals surface area contributed by atoms with E-state index in [1.807, 2.05) is 42.5 Å². The van der Waals surface area contributed by atoms with Crippen LogP contribution in [0, 0.1) is 0 Å². The van der Waals surface area contributed by atoms with Gasteiger partial charge in [-0.25, -0.2) is 0 Å². The molecule has 1 saturated heterocycles. The number of anilines is 2. The molecule has 0 atom stereocenters. The lowest BCUT2D eigenvalue weighted by Gasteiger charge is -2.41. The van der Waals surface area contributed by atoms with Gasteiger partial charge in [-0.05, 0) is 49.2 Å². The second-order valence-electron chi connectivity index (χ2n) is 8.94. The van der Waals surface area contributed by atoms with Crippen molar-refractivity contribution in [1.29, 1.82) is 0 Å². The number of benzene rings is 2. The summed E-state index contributed by atoms with van der Waals surface area (Å²) in [6.45, 7) is 4.41. The zero-order valence-electron chi connectivity index (χ0n) is 19.4. The average molecular weight is 478 g/mol. The molecule has 0 unspecified atom stereocenters. The number of hydrogen-bond donors (Lipinski definition) is 1. The van der Waals surface area contributed by atoms with Crippen molar-refractivity contribution in [3.05, 3.63) is 54.6 Å². The molecule has 2 aliphatic rings. The molecule has 1 N–H and O–H groups in total. The van der Waals surface area contributed by atoms with Crippen LogP contribution in [-0.4, -0.2) is 59.0 Å². The van der Waals surface area contributed by atoms with Gasteiger partial charge in [0.05, 0.1) is 5.75 Å². The highest BCUT2D eigenvalue weighted by molar-refractivity contribution is 7.99. The van der Waals surface area contributed by atoms with E-state index >= 15 is 0 Å². The number of nitrogens with zero attached hydrogens (tertiary/aromatic N) is 4. The fourth-order valence-electron chi connectivity index (χ4n) is 4.84. The Balaban J connectivity index is 1.07. The minimum Gasteiger partial charge on any atom is -0.411 e. The van der Waals surface area contributed by atoms with Gasteiger partial charge in [0.15, 0.2) is 0 Å². The van der Waals surface area contributed by atoms with Crippen molar-refractivity contribution < 1.29 is 9.21 Å². The van der Waals surface area contributed by atoms with Crippen LogP contribution in [0.25, 0.3) is 11.5 Å². The second-order valence-corrected chi connectivity index (χ2v) is 9.86. The van der Waals surface area contributed by atoms with Crippen LogP contribution in [0.3, 0.4) is 0 Å². The van der Waals surface area contributed by atoms with Crippen LogP contribution in [0.15, 0.2) is 64.2 Å². The van der Waals surface area contributed by atoms with Crippen molar-refractivity contribution in [1.82, 2.24) is 15.1 Å². The summed E-state index contributed by atoms with van der Waals surface area (Å²) in [7, 11) is 0. The molecule has 1 amide bonds. The second kappa shape index (κ2) is 11.1. The van der Waals surface area contributed by atoms with Gasteiger partial charge in [0.2, 0.25) is 11.8 Å². The third-order valence-electron chi connectivity index (χ3n) is 6.68. The first-order chi connectivity index (χ1) is 16.7. The van der Waals surface area contributed by atoms with Gasteiger partial charge in [-0.3, -0.25) is 9.69 Å². The molecule has 0 radical (unpaired) electrons. The van der Waals surface area contributed by atoms with Crippen LogP contribution < -0.4 is 10.2 Å². The smallest absolute Gasteiger partial charge is 0.277 e. The molecule has 1 aliphatic carbocycles. The largest absolute Gasteiger partial charge is 0.411 e. The fourth-order valence-corrected chi connectivity index (χ4v) is 5.40. The van der Waals surface area contributed by atoms with E-state index in [0.717, 1.165) is 43.5 Å². The number of rotatable bonds is 7. The van der Waals surface area contributed by atoms with Crippen molar-refractivity contribution in [2.24, 2.45) is 0 Å². The molecule has 1 aliphatic heterocycles. The molecular weight excluding hydrogens is 446 g/mol. The van der Waals surface area contributed by atoms with Crippen LogP contribution >= 0.6 is 11.8 Å². The van der Waals surface area contributed by atoms with E-state index in [2.05, 4.69) is 37.4 Å². The zero-order valence-corrected chi connectivity index (χ0v) is 20.2. The molecule has 2 fully saturated rings. The van der Waals surface area contributed by atoms with Crippen LogP contribution in [0.4, 0.5) is 11.4 Å². The number of nitrogens with one attached hydrogen (secondary N) is 1. The van der Waals surface area contributed by atoms with E-state index in [9.17, 15) is 4.79 Å². The van der Waals surface area contributed by atoms with E-state index in [1.54, 1.807) is 0 Å². The number of amides is 1. The molecule has 7 nitrogen and oxygen atoms in total. The minimum absolute atomic E-state index is 0.0988. The molecule has 34 heavy (non-hydrogen) atoms. The highest BCUT2D eigenvalue weighted by atomic mass is 32.2. The normalized spacial score (nSPS) is 17.6. The third-order valence-corrected chi connectivity index (χ3v) is 7.49. The number of carbonyl (C=O) groups is 1. The summed E-state index contributed by atoms with van der Waals surface area (Å²) in [6, 6.07) is 18.5. The van der Waals surface area contributed by atoms with Gasteiger partial charge in [-0.15, -0.1) is 10.2 Å². The van der Waals surface area contributed by atoms with E-state index in [4.69, 9.17) is 4.42 Å². The Bertz CT molecular complexity index is 1060. The number of thioether (sulfide) groups is 1. The quantitative estimate of drug-likeness (QED) is 0.484. The fraction of sp³-hybridized carbons (Fsp3) is 0.423.